The first-order valence-electron chi connectivity index (χ1n) is 6.72. The van der Waals surface area contributed by atoms with Crippen molar-refractivity contribution >= 4 is 17.7 Å². The minimum atomic E-state index is -4.54. The second kappa shape index (κ2) is 6.67. The van der Waals surface area contributed by atoms with E-state index in [1.54, 1.807) is 29.2 Å². The van der Waals surface area contributed by atoms with E-state index in [0.717, 1.165) is 12.1 Å². The van der Waals surface area contributed by atoms with Crippen LogP contribution in [-0.4, -0.2) is 31.3 Å². The summed E-state index contributed by atoms with van der Waals surface area (Å²) in [6.07, 6.45) is -4.31. The Labute approximate surface area is 125 Å². The van der Waals surface area contributed by atoms with Gasteiger partial charge in [0.15, 0.2) is 6.61 Å². The molecule has 1 N–H and O–H groups in total. The SMILES string of the molecule is O=C(NCc1ccc(N2CCCC2=O)cc1)OCC(F)(F)F. The van der Waals surface area contributed by atoms with Gasteiger partial charge >= 0.3 is 12.3 Å². The molecule has 1 aromatic rings. The van der Waals surface area contributed by atoms with E-state index < -0.39 is 18.9 Å². The second-order valence-corrected chi connectivity index (χ2v) is 4.86. The van der Waals surface area contributed by atoms with Crippen LogP contribution in [-0.2, 0) is 16.1 Å². The normalized spacial score (nSPS) is 15.0. The number of nitrogens with zero attached hydrogens (tertiary/aromatic N) is 1. The first-order valence-corrected chi connectivity index (χ1v) is 6.72. The summed E-state index contributed by atoms with van der Waals surface area (Å²) in [6, 6.07) is 6.87. The van der Waals surface area contributed by atoms with Crippen LogP contribution < -0.4 is 10.2 Å². The third kappa shape index (κ3) is 4.64. The highest BCUT2D eigenvalue weighted by Gasteiger charge is 2.29. The summed E-state index contributed by atoms with van der Waals surface area (Å²) >= 11 is 0. The Morgan fingerprint density at radius 3 is 2.50 bits per heavy atom. The Hall–Kier alpha value is -2.25. The summed E-state index contributed by atoms with van der Waals surface area (Å²) < 4.78 is 39.6. The number of rotatable bonds is 4. The van der Waals surface area contributed by atoms with Crippen LogP contribution in [0.5, 0.6) is 0 Å². The molecule has 2 rings (SSSR count). The number of carbonyl (C=O) groups is 2. The fourth-order valence-electron chi connectivity index (χ4n) is 2.09. The van der Waals surface area contributed by atoms with Crippen LogP contribution in [0.1, 0.15) is 18.4 Å². The fraction of sp³-hybridized carbons (Fsp3) is 0.429. The van der Waals surface area contributed by atoms with Crippen molar-refractivity contribution in [2.24, 2.45) is 0 Å². The maximum Gasteiger partial charge on any atom is 0.422 e. The molecule has 0 aliphatic carbocycles. The van der Waals surface area contributed by atoms with Gasteiger partial charge in [0.25, 0.3) is 0 Å². The lowest BCUT2D eigenvalue weighted by molar-refractivity contribution is -0.160. The Kier molecular flexibility index (Phi) is 4.89. The van der Waals surface area contributed by atoms with Crippen LogP contribution in [0.2, 0.25) is 0 Å². The third-order valence-corrected chi connectivity index (χ3v) is 3.13. The Balaban J connectivity index is 1.81. The third-order valence-electron chi connectivity index (χ3n) is 3.13. The van der Waals surface area contributed by atoms with Crippen LogP contribution in [0.25, 0.3) is 0 Å². The average molecular weight is 316 g/mol. The molecule has 0 spiro atoms. The van der Waals surface area contributed by atoms with Gasteiger partial charge in [-0.15, -0.1) is 0 Å². The van der Waals surface area contributed by atoms with Crippen LogP contribution in [0, 0.1) is 0 Å². The van der Waals surface area contributed by atoms with Gasteiger partial charge < -0.3 is 15.0 Å². The van der Waals surface area contributed by atoms with E-state index in [9.17, 15) is 22.8 Å². The number of alkyl carbamates (subject to hydrolysis) is 1. The monoisotopic (exact) mass is 316 g/mol. The minimum Gasteiger partial charge on any atom is -0.440 e. The summed E-state index contributed by atoms with van der Waals surface area (Å²) in [7, 11) is 0. The van der Waals surface area contributed by atoms with E-state index in [1.807, 2.05) is 0 Å². The molecule has 2 amide bonds. The number of hydrogen-bond acceptors (Lipinski definition) is 3. The average Bonchev–Trinajstić information content (AvgIpc) is 2.89. The van der Waals surface area contributed by atoms with Crippen molar-refractivity contribution in [1.29, 1.82) is 0 Å². The number of carbonyl (C=O) groups excluding carboxylic acids is 2. The Morgan fingerprint density at radius 2 is 1.95 bits per heavy atom. The lowest BCUT2D eigenvalue weighted by Gasteiger charge is -2.16. The maximum atomic E-state index is 11.9. The summed E-state index contributed by atoms with van der Waals surface area (Å²) in [4.78, 5) is 24.4. The molecule has 0 bridgehead atoms. The van der Waals surface area contributed by atoms with Gasteiger partial charge in [-0.2, -0.15) is 13.2 Å². The van der Waals surface area contributed by atoms with Crippen molar-refractivity contribution in [2.45, 2.75) is 25.6 Å². The van der Waals surface area contributed by atoms with E-state index in [0.29, 0.717) is 18.5 Å². The van der Waals surface area contributed by atoms with Gasteiger partial charge in [-0.1, -0.05) is 12.1 Å². The molecular weight excluding hydrogens is 301 g/mol. The molecule has 0 aromatic heterocycles. The van der Waals surface area contributed by atoms with Crippen LogP contribution >= 0.6 is 0 Å². The van der Waals surface area contributed by atoms with Crippen molar-refractivity contribution in [1.82, 2.24) is 5.32 Å². The summed E-state index contributed by atoms with van der Waals surface area (Å²) in [6.45, 7) is -0.889. The molecule has 0 radical (unpaired) electrons. The largest absolute Gasteiger partial charge is 0.440 e. The smallest absolute Gasteiger partial charge is 0.422 e. The van der Waals surface area contributed by atoms with Gasteiger partial charge in [0.05, 0.1) is 0 Å². The first-order chi connectivity index (χ1) is 10.3. The van der Waals surface area contributed by atoms with Gasteiger partial charge in [-0.3, -0.25) is 4.79 Å². The van der Waals surface area contributed by atoms with Crippen molar-refractivity contribution < 1.29 is 27.5 Å². The molecule has 0 saturated carbocycles. The first kappa shape index (κ1) is 16.1. The summed E-state index contributed by atoms with van der Waals surface area (Å²) in [5, 5.41) is 2.23. The van der Waals surface area contributed by atoms with Crippen molar-refractivity contribution in [3.05, 3.63) is 29.8 Å². The number of alkyl halides is 3. The molecule has 8 heteroatoms. The van der Waals surface area contributed by atoms with Gasteiger partial charge in [0.1, 0.15) is 0 Å². The number of amides is 2. The molecule has 1 fully saturated rings. The summed E-state index contributed by atoms with van der Waals surface area (Å²) in [5.41, 5.74) is 1.46. The van der Waals surface area contributed by atoms with Gasteiger partial charge in [0.2, 0.25) is 5.91 Å². The molecule has 5 nitrogen and oxygen atoms in total. The number of hydrogen-bond donors (Lipinski definition) is 1. The molecular formula is C14H15F3N2O3. The zero-order valence-corrected chi connectivity index (χ0v) is 11.7. The highest BCUT2D eigenvalue weighted by Crippen LogP contribution is 2.21. The zero-order valence-electron chi connectivity index (χ0n) is 11.7. The predicted molar refractivity (Wildman–Crippen MR) is 72.3 cm³/mol. The number of halogens is 3. The Morgan fingerprint density at radius 1 is 1.27 bits per heavy atom. The number of nitrogens with one attached hydrogen (secondary N) is 1. The van der Waals surface area contributed by atoms with E-state index in [1.165, 1.54) is 0 Å². The van der Waals surface area contributed by atoms with E-state index in [-0.39, 0.29) is 12.5 Å². The fourth-order valence-corrected chi connectivity index (χ4v) is 2.09. The quantitative estimate of drug-likeness (QED) is 0.929. The molecule has 1 aromatic carbocycles. The number of benzene rings is 1. The van der Waals surface area contributed by atoms with Crippen molar-refractivity contribution in [2.75, 3.05) is 18.1 Å². The van der Waals surface area contributed by atoms with Gasteiger partial charge in [0, 0.05) is 25.2 Å². The van der Waals surface area contributed by atoms with Crippen LogP contribution in [0.4, 0.5) is 23.7 Å². The zero-order chi connectivity index (χ0) is 16.2. The highest BCUT2D eigenvalue weighted by molar-refractivity contribution is 5.95. The molecule has 1 aliphatic rings. The summed E-state index contributed by atoms with van der Waals surface area (Å²) in [5.74, 6) is 0.0709. The molecule has 1 aliphatic heterocycles. The highest BCUT2D eigenvalue weighted by atomic mass is 19.4. The minimum absolute atomic E-state index is 0.0465. The van der Waals surface area contributed by atoms with E-state index >= 15 is 0 Å². The lowest BCUT2D eigenvalue weighted by Crippen LogP contribution is -2.28. The molecule has 120 valence electrons. The van der Waals surface area contributed by atoms with Gasteiger partial charge in [-0.05, 0) is 24.1 Å². The standard InChI is InChI=1S/C14H15F3N2O3/c15-14(16,17)9-22-13(21)18-8-10-3-5-11(6-4-10)19-7-1-2-12(19)20/h3-6H,1-2,7-9H2,(H,18,21). The molecule has 1 saturated heterocycles. The Bertz CT molecular complexity index is 543. The lowest BCUT2D eigenvalue weighted by atomic mass is 10.2. The number of anilines is 1. The predicted octanol–water partition coefficient (Wildman–Crippen LogP) is 2.60. The van der Waals surface area contributed by atoms with Crippen molar-refractivity contribution in [3.8, 4) is 0 Å². The molecule has 1 heterocycles. The second-order valence-electron chi connectivity index (χ2n) is 4.86. The molecule has 22 heavy (non-hydrogen) atoms. The number of ether oxygens (including phenoxy) is 1. The van der Waals surface area contributed by atoms with Crippen LogP contribution in [0.15, 0.2) is 24.3 Å². The van der Waals surface area contributed by atoms with Crippen molar-refractivity contribution in [3.63, 3.8) is 0 Å². The van der Waals surface area contributed by atoms with E-state index in [2.05, 4.69) is 10.1 Å². The van der Waals surface area contributed by atoms with Gasteiger partial charge in [-0.25, -0.2) is 4.79 Å². The molecule has 0 unspecified atom stereocenters. The van der Waals surface area contributed by atoms with Crippen LogP contribution in [0.3, 0.4) is 0 Å². The molecule has 0 atom stereocenters. The topological polar surface area (TPSA) is 58.6 Å². The maximum absolute atomic E-state index is 11.9. The van der Waals surface area contributed by atoms with E-state index in [4.69, 9.17) is 0 Å².